The van der Waals surface area contributed by atoms with Gasteiger partial charge < -0.3 is 9.47 Å². The van der Waals surface area contributed by atoms with E-state index < -0.39 is 5.60 Å². The highest BCUT2D eigenvalue weighted by atomic mass is 16.6. The van der Waals surface area contributed by atoms with Gasteiger partial charge in [0.15, 0.2) is 0 Å². The summed E-state index contributed by atoms with van der Waals surface area (Å²) >= 11 is 0. The second-order valence-electron chi connectivity index (χ2n) is 17.6. The minimum Gasteiger partial charge on any atom is -0.459 e. The Kier molecular flexibility index (Phi) is 5.76. The molecule has 0 aliphatic heterocycles. The lowest BCUT2D eigenvalue weighted by atomic mass is 9.40. The molecule has 0 amide bonds. The molecule has 0 spiro atoms. The van der Waals surface area contributed by atoms with E-state index in [-0.39, 0.29) is 34.3 Å². The fraction of sp³-hybridized carbons (Fsp3) is 0.838. The predicted octanol–water partition coefficient (Wildman–Crippen LogP) is 7.91. The molecule has 6 unspecified atom stereocenters. The molecule has 4 nitrogen and oxygen atoms in total. The molecule has 10 aliphatic rings. The topological polar surface area (TPSA) is 52.6 Å². The first-order valence-electron chi connectivity index (χ1n) is 17.2. The van der Waals surface area contributed by atoms with Crippen LogP contribution in [0.4, 0.5) is 0 Å². The molecule has 6 atom stereocenters. The number of carbonyl (C=O) groups excluding carboxylic acids is 2. The summed E-state index contributed by atoms with van der Waals surface area (Å²) in [6.45, 7) is 12.5. The summed E-state index contributed by atoms with van der Waals surface area (Å²) in [4.78, 5) is 26.8. The van der Waals surface area contributed by atoms with Crippen LogP contribution < -0.4 is 0 Å². The molecule has 0 saturated heterocycles. The summed E-state index contributed by atoms with van der Waals surface area (Å²) in [5.41, 5.74) is -0.649. The molecule has 0 aromatic carbocycles. The predicted molar refractivity (Wildman–Crippen MR) is 158 cm³/mol. The van der Waals surface area contributed by atoms with Crippen LogP contribution in [0, 0.1) is 75.9 Å². The second-order valence-corrected chi connectivity index (χ2v) is 17.6. The zero-order valence-electron chi connectivity index (χ0n) is 25.9. The third kappa shape index (κ3) is 3.83. The van der Waals surface area contributed by atoms with Crippen molar-refractivity contribution in [1.82, 2.24) is 0 Å². The summed E-state index contributed by atoms with van der Waals surface area (Å²) in [5.74, 6) is 6.23. The van der Waals surface area contributed by atoms with Gasteiger partial charge in [-0.15, -0.1) is 0 Å². The van der Waals surface area contributed by atoms with Crippen LogP contribution in [-0.4, -0.2) is 23.1 Å². The van der Waals surface area contributed by atoms with Crippen molar-refractivity contribution in [3.8, 4) is 0 Å². The molecule has 4 heteroatoms. The van der Waals surface area contributed by atoms with Crippen LogP contribution in [0.1, 0.15) is 105 Å². The van der Waals surface area contributed by atoms with E-state index in [0.717, 1.165) is 42.9 Å². The maximum Gasteiger partial charge on any atom is 0.330 e. The van der Waals surface area contributed by atoms with Crippen molar-refractivity contribution >= 4 is 11.9 Å². The summed E-state index contributed by atoms with van der Waals surface area (Å²) in [7, 11) is 0. The lowest BCUT2D eigenvalue weighted by molar-refractivity contribution is -0.218. The van der Waals surface area contributed by atoms with Crippen LogP contribution in [0.5, 0.6) is 0 Å². The maximum absolute atomic E-state index is 14.4. The molecule has 10 aliphatic carbocycles. The normalized spacial score (nSPS) is 50.4. The fourth-order valence-electron chi connectivity index (χ4n) is 13.8. The Labute approximate surface area is 247 Å². The molecular formula is C37H52O4. The second kappa shape index (κ2) is 8.75. The number of hydrogen-bond acceptors (Lipinski definition) is 4. The van der Waals surface area contributed by atoms with Gasteiger partial charge in [-0.1, -0.05) is 18.7 Å². The van der Waals surface area contributed by atoms with Crippen LogP contribution in [-0.2, 0) is 19.1 Å². The molecule has 0 aromatic rings. The molecule has 10 rings (SSSR count). The van der Waals surface area contributed by atoms with Crippen molar-refractivity contribution < 1.29 is 19.1 Å². The highest BCUT2D eigenvalue weighted by Gasteiger charge is 2.66. The SMILES string of the molecule is C=CC(=O)OC(C)(C)C12CC3CC(C1)C(C1C4C=CC(C4)C1C(=O)OC(C)(C)C14CC5CC(CC(C5)C1)C4)C(C3)C2. The van der Waals surface area contributed by atoms with Crippen molar-refractivity contribution in [2.45, 2.75) is 116 Å². The van der Waals surface area contributed by atoms with Gasteiger partial charge in [-0.05, 0) is 164 Å². The molecule has 224 valence electrons. The van der Waals surface area contributed by atoms with E-state index in [9.17, 15) is 9.59 Å². The van der Waals surface area contributed by atoms with Gasteiger partial charge in [0.05, 0.1) is 5.92 Å². The number of esters is 2. The molecule has 9 saturated carbocycles. The summed E-state index contributed by atoms with van der Waals surface area (Å²) in [6.07, 6.45) is 21.3. The number of rotatable bonds is 7. The lowest BCUT2D eigenvalue weighted by Crippen LogP contribution is -2.61. The van der Waals surface area contributed by atoms with Crippen molar-refractivity contribution in [2.24, 2.45) is 75.9 Å². The Morgan fingerprint density at radius 1 is 0.683 bits per heavy atom. The number of fused-ring (bicyclic) bond motifs is 2. The summed E-state index contributed by atoms with van der Waals surface area (Å²) in [6, 6.07) is 0. The Hall–Kier alpha value is -1.58. The van der Waals surface area contributed by atoms with E-state index in [1.165, 1.54) is 63.9 Å². The van der Waals surface area contributed by atoms with Gasteiger partial charge in [0, 0.05) is 16.9 Å². The third-order valence-corrected chi connectivity index (χ3v) is 15.1. The van der Waals surface area contributed by atoms with Gasteiger partial charge in [0.1, 0.15) is 11.2 Å². The van der Waals surface area contributed by atoms with Gasteiger partial charge in [-0.3, -0.25) is 4.79 Å². The third-order valence-electron chi connectivity index (χ3n) is 15.1. The van der Waals surface area contributed by atoms with Crippen molar-refractivity contribution in [1.29, 1.82) is 0 Å². The van der Waals surface area contributed by atoms with Crippen LogP contribution >= 0.6 is 0 Å². The largest absolute Gasteiger partial charge is 0.459 e. The fourth-order valence-corrected chi connectivity index (χ4v) is 13.8. The number of carbonyl (C=O) groups is 2. The number of hydrogen-bond donors (Lipinski definition) is 0. The van der Waals surface area contributed by atoms with E-state index in [2.05, 4.69) is 46.4 Å². The first kappa shape index (κ1) is 27.0. The quantitative estimate of drug-likeness (QED) is 0.180. The molecule has 9 fully saturated rings. The minimum atomic E-state index is -0.492. The Morgan fingerprint density at radius 2 is 1.17 bits per heavy atom. The van der Waals surface area contributed by atoms with Crippen LogP contribution in [0.2, 0.25) is 0 Å². The van der Waals surface area contributed by atoms with Gasteiger partial charge in [-0.2, -0.15) is 0 Å². The summed E-state index contributed by atoms with van der Waals surface area (Å²) < 4.78 is 12.9. The lowest BCUT2D eigenvalue weighted by Gasteiger charge is -2.65. The van der Waals surface area contributed by atoms with Crippen LogP contribution in [0.15, 0.2) is 24.8 Å². The van der Waals surface area contributed by atoms with Crippen molar-refractivity contribution in [2.75, 3.05) is 0 Å². The molecule has 0 radical (unpaired) electrons. The van der Waals surface area contributed by atoms with E-state index in [1.807, 2.05) is 0 Å². The standard InChI is InChI=1S/C37H52O4/c1-6-29(38)40-34(2,3)37-18-24-12-27(19-37)30(28(13-24)20-37)31-25-7-8-26(14-25)32(31)33(39)41-35(4,5)36-15-21-9-22(16-36)11-23(10-21)17-36/h6-8,21-28,30-32H,1,9-20H2,2-5H3. The Balaban J connectivity index is 1.05. The van der Waals surface area contributed by atoms with E-state index in [0.29, 0.717) is 35.5 Å². The first-order chi connectivity index (χ1) is 19.4. The molecule has 41 heavy (non-hydrogen) atoms. The molecular weight excluding hydrogens is 508 g/mol. The number of allylic oxidation sites excluding steroid dienone is 2. The van der Waals surface area contributed by atoms with Gasteiger partial charge in [-0.25, -0.2) is 4.79 Å². The molecule has 10 bridgehead atoms. The Bertz CT molecular complexity index is 1120. The monoisotopic (exact) mass is 560 g/mol. The average Bonchev–Trinajstić information content (AvgIpc) is 3.49. The minimum absolute atomic E-state index is 0.0169. The molecule has 0 aromatic heterocycles. The maximum atomic E-state index is 14.4. The molecule has 0 N–H and O–H groups in total. The zero-order chi connectivity index (χ0) is 28.5. The van der Waals surface area contributed by atoms with Crippen LogP contribution in [0.3, 0.4) is 0 Å². The molecule has 0 heterocycles. The zero-order valence-corrected chi connectivity index (χ0v) is 25.9. The van der Waals surface area contributed by atoms with Crippen LogP contribution in [0.25, 0.3) is 0 Å². The highest BCUT2D eigenvalue weighted by Crippen LogP contribution is 2.70. The highest BCUT2D eigenvalue weighted by molar-refractivity contribution is 5.81. The van der Waals surface area contributed by atoms with Gasteiger partial charge in [0.25, 0.3) is 0 Å². The summed E-state index contributed by atoms with van der Waals surface area (Å²) in [5, 5.41) is 0. The van der Waals surface area contributed by atoms with Crippen molar-refractivity contribution in [3.63, 3.8) is 0 Å². The van der Waals surface area contributed by atoms with Gasteiger partial charge >= 0.3 is 11.9 Å². The Morgan fingerprint density at radius 3 is 1.73 bits per heavy atom. The van der Waals surface area contributed by atoms with E-state index in [4.69, 9.17) is 9.47 Å². The smallest absolute Gasteiger partial charge is 0.330 e. The van der Waals surface area contributed by atoms with Crippen molar-refractivity contribution in [3.05, 3.63) is 24.8 Å². The van der Waals surface area contributed by atoms with E-state index >= 15 is 0 Å². The number of ether oxygens (including phenoxy) is 2. The first-order valence-corrected chi connectivity index (χ1v) is 17.2. The van der Waals surface area contributed by atoms with Gasteiger partial charge in [0.2, 0.25) is 0 Å². The van der Waals surface area contributed by atoms with E-state index in [1.54, 1.807) is 0 Å². The average molecular weight is 561 g/mol.